The van der Waals surface area contributed by atoms with E-state index in [0.717, 1.165) is 0 Å². The summed E-state index contributed by atoms with van der Waals surface area (Å²) in [6.07, 6.45) is 0.438. The molecule has 22 heavy (non-hydrogen) atoms. The fraction of sp³-hybridized carbons (Fsp3) is 0.333. The fourth-order valence-electron chi connectivity index (χ4n) is 2.78. The van der Waals surface area contributed by atoms with Crippen molar-refractivity contribution >= 4 is 28.4 Å². The molecule has 0 bridgehead atoms. The van der Waals surface area contributed by atoms with Crippen molar-refractivity contribution in [3.8, 4) is 0 Å². The molecular formula is C15H15N3O4. The van der Waals surface area contributed by atoms with Crippen molar-refractivity contribution in [3.05, 3.63) is 40.4 Å². The first-order chi connectivity index (χ1) is 10.4. The number of aromatic nitrogens is 1. The summed E-state index contributed by atoms with van der Waals surface area (Å²) in [5.41, 5.74) is -0.332. The number of hydrogen-bond acceptors (Lipinski definition) is 5. The van der Waals surface area contributed by atoms with Gasteiger partial charge in [-0.2, -0.15) is 0 Å². The van der Waals surface area contributed by atoms with Gasteiger partial charge in [-0.05, 0) is 19.4 Å². The highest BCUT2D eigenvalue weighted by Crippen LogP contribution is 2.37. The third-order valence-electron chi connectivity index (χ3n) is 4.17. The first kappa shape index (κ1) is 14.2. The van der Waals surface area contributed by atoms with E-state index >= 15 is 0 Å². The largest absolute Gasteiger partial charge is 0.481 e. The van der Waals surface area contributed by atoms with Gasteiger partial charge in [0.25, 0.3) is 0 Å². The van der Waals surface area contributed by atoms with Gasteiger partial charge in [0.05, 0.1) is 15.9 Å². The Kier molecular flexibility index (Phi) is 3.20. The monoisotopic (exact) mass is 301 g/mol. The fourth-order valence-corrected chi connectivity index (χ4v) is 2.78. The molecule has 1 aliphatic heterocycles. The topological polar surface area (TPSA) is 96.6 Å². The van der Waals surface area contributed by atoms with Crippen LogP contribution in [0.3, 0.4) is 0 Å². The molecule has 2 aromatic rings. The molecule has 0 radical (unpaired) electrons. The summed E-state index contributed by atoms with van der Waals surface area (Å²) in [4.78, 5) is 28.3. The summed E-state index contributed by atoms with van der Waals surface area (Å²) >= 11 is 0. The molecule has 7 heteroatoms. The molecule has 1 aromatic carbocycles. The van der Waals surface area contributed by atoms with Crippen molar-refractivity contribution in [2.24, 2.45) is 5.41 Å². The Balaban J connectivity index is 2.08. The van der Waals surface area contributed by atoms with E-state index in [1.54, 1.807) is 30.0 Å². The zero-order valence-electron chi connectivity index (χ0n) is 12.0. The molecular weight excluding hydrogens is 286 g/mol. The predicted molar refractivity (Wildman–Crippen MR) is 81.0 cm³/mol. The summed E-state index contributed by atoms with van der Waals surface area (Å²) < 4.78 is 0. The number of rotatable bonds is 3. The Morgan fingerprint density at radius 1 is 1.45 bits per heavy atom. The lowest BCUT2D eigenvalue weighted by Crippen LogP contribution is -2.32. The van der Waals surface area contributed by atoms with Gasteiger partial charge in [-0.15, -0.1) is 0 Å². The highest BCUT2D eigenvalue weighted by molar-refractivity contribution is 5.85. The van der Waals surface area contributed by atoms with Crippen molar-refractivity contribution < 1.29 is 14.8 Å². The van der Waals surface area contributed by atoms with Crippen LogP contribution < -0.4 is 4.90 Å². The van der Waals surface area contributed by atoms with Crippen molar-refractivity contribution in [3.63, 3.8) is 0 Å². The molecule has 1 aliphatic rings. The molecule has 2 heterocycles. The van der Waals surface area contributed by atoms with E-state index < -0.39 is 16.3 Å². The van der Waals surface area contributed by atoms with Crippen LogP contribution in [0, 0.1) is 15.5 Å². The van der Waals surface area contributed by atoms with Gasteiger partial charge in [-0.25, -0.2) is 4.98 Å². The van der Waals surface area contributed by atoms with E-state index in [9.17, 15) is 20.0 Å². The third-order valence-corrected chi connectivity index (χ3v) is 4.17. The molecule has 0 aliphatic carbocycles. The minimum atomic E-state index is -0.902. The predicted octanol–water partition coefficient (Wildman–Crippen LogP) is 2.44. The van der Waals surface area contributed by atoms with E-state index in [-0.39, 0.29) is 18.1 Å². The molecule has 3 rings (SSSR count). The van der Waals surface area contributed by atoms with Gasteiger partial charge in [0.15, 0.2) is 0 Å². The van der Waals surface area contributed by atoms with E-state index in [1.807, 2.05) is 6.07 Å². The van der Waals surface area contributed by atoms with Gasteiger partial charge in [-0.3, -0.25) is 14.9 Å². The average Bonchev–Trinajstić information content (AvgIpc) is 2.89. The maximum atomic E-state index is 11.4. The summed E-state index contributed by atoms with van der Waals surface area (Å²) in [5.74, 6) is -0.646. The van der Waals surface area contributed by atoms with Crippen LogP contribution in [0.4, 0.5) is 11.5 Å². The second-order valence-corrected chi connectivity index (χ2v) is 5.82. The summed E-state index contributed by atoms with van der Waals surface area (Å²) in [6.45, 7) is 2.31. The Hall–Kier alpha value is -2.70. The highest BCUT2D eigenvalue weighted by Gasteiger charge is 2.42. The standard InChI is InChI=1S/C15H15N3O4/c1-15(14(19)20)6-7-17(9-15)13-12(18(21)22)8-10-4-2-3-5-11(10)16-13/h2-5,8H,6-7,9H2,1H3,(H,19,20). The van der Waals surface area contributed by atoms with Crippen LogP contribution in [0.2, 0.25) is 0 Å². The number of carboxylic acid groups (broad SMARTS) is 1. The van der Waals surface area contributed by atoms with Crippen LogP contribution in [0.5, 0.6) is 0 Å². The molecule has 0 saturated carbocycles. The number of pyridine rings is 1. The van der Waals surface area contributed by atoms with Crippen molar-refractivity contribution in [1.29, 1.82) is 0 Å². The van der Waals surface area contributed by atoms with Crippen LogP contribution >= 0.6 is 0 Å². The smallest absolute Gasteiger partial charge is 0.312 e. The van der Waals surface area contributed by atoms with E-state index in [0.29, 0.717) is 23.9 Å². The molecule has 0 spiro atoms. The van der Waals surface area contributed by atoms with Gasteiger partial charge in [0, 0.05) is 24.5 Å². The van der Waals surface area contributed by atoms with Gasteiger partial charge in [0.1, 0.15) is 0 Å². The molecule has 7 nitrogen and oxygen atoms in total. The first-order valence-corrected chi connectivity index (χ1v) is 6.93. The number of nitrogens with zero attached hydrogens (tertiary/aromatic N) is 3. The minimum Gasteiger partial charge on any atom is -0.481 e. The van der Waals surface area contributed by atoms with Gasteiger partial charge < -0.3 is 10.0 Å². The number of nitro groups is 1. The third kappa shape index (κ3) is 2.24. The Morgan fingerprint density at radius 3 is 2.82 bits per heavy atom. The van der Waals surface area contributed by atoms with Crippen LogP contribution in [0.15, 0.2) is 30.3 Å². The normalized spacial score (nSPS) is 21.2. The summed E-state index contributed by atoms with van der Waals surface area (Å²) in [7, 11) is 0. The molecule has 0 amide bonds. The maximum Gasteiger partial charge on any atom is 0.312 e. The van der Waals surface area contributed by atoms with Crippen LogP contribution in [0.1, 0.15) is 13.3 Å². The average molecular weight is 301 g/mol. The van der Waals surface area contributed by atoms with Gasteiger partial charge in [-0.1, -0.05) is 18.2 Å². The number of anilines is 1. The Bertz CT molecular complexity index is 776. The second kappa shape index (κ2) is 4.94. The molecule has 1 fully saturated rings. The maximum absolute atomic E-state index is 11.4. The van der Waals surface area contributed by atoms with Crippen LogP contribution in [-0.4, -0.2) is 34.1 Å². The quantitative estimate of drug-likeness (QED) is 0.691. The van der Waals surface area contributed by atoms with E-state index in [2.05, 4.69) is 4.98 Å². The number of para-hydroxylation sites is 1. The molecule has 1 N–H and O–H groups in total. The van der Waals surface area contributed by atoms with Crippen LogP contribution in [0.25, 0.3) is 10.9 Å². The minimum absolute atomic E-state index is 0.0895. The summed E-state index contributed by atoms with van der Waals surface area (Å²) in [5, 5.41) is 21.3. The number of fused-ring (bicyclic) bond motifs is 1. The number of aliphatic carboxylic acids is 1. The lowest BCUT2D eigenvalue weighted by Gasteiger charge is -2.21. The van der Waals surface area contributed by atoms with Crippen molar-refractivity contribution in [1.82, 2.24) is 4.98 Å². The Morgan fingerprint density at radius 2 is 2.18 bits per heavy atom. The molecule has 114 valence electrons. The molecule has 1 unspecified atom stereocenters. The first-order valence-electron chi connectivity index (χ1n) is 6.93. The van der Waals surface area contributed by atoms with Crippen molar-refractivity contribution in [2.75, 3.05) is 18.0 Å². The number of hydrogen-bond donors (Lipinski definition) is 1. The second-order valence-electron chi connectivity index (χ2n) is 5.82. The molecule has 1 atom stereocenters. The molecule has 1 aromatic heterocycles. The lowest BCUT2D eigenvalue weighted by molar-refractivity contribution is -0.384. The Labute approximate surface area is 126 Å². The SMILES string of the molecule is CC1(C(=O)O)CCN(c2nc3ccccc3cc2[N+](=O)[O-])C1. The van der Waals surface area contributed by atoms with Gasteiger partial charge in [0.2, 0.25) is 5.82 Å². The van der Waals surface area contributed by atoms with Gasteiger partial charge >= 0.3 is 11.7 Å². The van der Waals surface area contributed by atoms with Crippen LogP contribution in [-0.2, 0) is 4.79 Å². The molecule has 1 saturated heterocycles. The number of carboxylic acids is 1. The number of carbonyl (C=O) groups is 1. The highest BCUT2D eigenvalue weighted by atomic mass is 16.6. The lowest BCUT2D eigenvalue weighted by atomic mass is 9.90. The summed E-state index contributed by atoms with van der Waals surface area (Å²) in [6, 6.07) is 8.66. The zero-order valence-corrected chi connectivity index (χ0v) is 12.0. The van der Waals surface area contributed by atoms with E-state index in [1.165, 1.54) is 6.07 Å². The zero-order chi connectivity index (χ0) is 15.9. The van der Waals surface area contributed by atoms with Crippen molar-refractivity contribution in [2.45, 2.75) is 13.3 Å². The number of benzene rings is 1. The van der Waals surface area contributed by atoms with E-state index in [4.69, 9.17) is 0 Å².